The first-order chi connectivity index (χ1) is 8.81. The molecule has 1 aromatic carbocycles. The van der Waals surface area contributed by atoms with Crippen LogP contribution in [0.2, 0.25) is 0 Å². The van der Waals surface area contributed by atoms with Gasteiger partial charge in [0.1, 0.15) is 0 Å². The van der Waals surface area contributed by atoms with E-state index < -0.39 is 0 Å². The number of nitrogens with zero attached hydrogens (tertiary/aromatic N) is 1. The van der Waals surface area contributed by atoms with Crippen LogP contribution in [0.25, 0.3) is 0 Å². The lowest BCUT2D eigenvalue weighted by atomic mass is 9.82. The molecule has 1 saturated heterocycles. The number of hydrogen-bond donors (Lipinski definition) is 0. The van der Waals surface area contributed by atoms with Crippen LogP contribution < -0.4 is 0 Å². The van der Waals surface area contributed by atoms with Gasteiger partial charge in [0.05, 0.1) is 6.61 Å². The second-order valence-corrected chi connectivity index (χ2v) is 7.59. The molecule has 0 bridgehead atoms. The highest BCUT2D eigenvalue weighted by Gasteiger charge is 2.42. The van der Waals surface area contributed by atoms with Crippen molar-refractivity contribution in [3.05, 3.63) is 34.3 Å². The summed E-state index contributed by atoms with van der Waals surface area (Å²) in [5.41, 5.74) is 1.43. The van der Waals surface area contributed by atoms with Gasteiger partial charge in [-0.05, 0) is 64.7 Å². The monoisotopic (exact) mass is 325 g/mol. The molecule has 0 radical (unpaired) electrons. The topological polar surface area (TPSA) is 12.5 Å². The van der Waals surface area contributed by atoms with E-state index in [4.69, 9.17) is 4.84 Å². The molecule has 19 heavy (non-hydrogen) atoms. The minimum atomic E-state index is 0.108. The molecular formula is C16H24BrNO. The summed E-state index contributed by atoms with van der Waals surface area (Å²) < 4.78 is 1.11. The molecule has 1 aliphatic rings. The zero-order valence-electron chi connectivity index (χ0n) is 12.4. The van der Waals surface area contributed by atoms with Crippen molar-refractivity contribution in [2.45, 2.75) is 64.6 Å². The molecular weight excluding hydrogens is 302 g/mol. The minimum Gasteiger partial charge on any atom is -0.293 e. The lowest BCUT2D eigenvalue weighted by molar-refractivity contribution is -0.288. The third-order valence-electron chi connectivity index (χ3n) is 3.95. The van der Waals surface area contributed by atoms with Gasteiger partial charge in [0.2, 0.25) is 0 Å². The highest BCUT2D eigenvalue weighted by Crippen LogP contribution is 2.38. The molecule has 2 nitrogen and oxygen atoms in total. The van der Waals surface area contributed by atoms with Crippen molar-refractivity contribution in [1.82, 2.24) is 5.06 Å². The maximum atomic E-state index is 6.16. The second-order valence-electron chi connectivity index (χ2n) is 6.67. The Labute approximate surface area is 125 Å². The number of hydrogen-bond acceptors (Lipinski definition) is 2. The van der Waals surface area contributed by atoms with E-state index in [0.29, 0.717) is 6.61 Å². The summed E-state index contributed by atoms with van der Waals surface area (Å²) >= 11 is 3.46. The quantitative estimate of drug-likeness (QED) is 0.781. The summed E-state index contributed by atoms with van der Waals surface area (Å²) in [5.74, 6) is 0. The lowest BCUT2D eigenvalue weighted by Crippen LogP contribution is -2.58. The SMILES string of the molecule is CC1(C)CCCC(C)(C)N1OCc1ccc(Br)cc1. The first kappa shape index (κ1) is 15.0. The predicted molar refractivity (Wildman–Crippen MR) is 82.8 cm³/mol. The minimum absolute atomic E-state index is 0.108. The molecule has 3 heteroatoms. The van der Waals surface area contributed by atoms with Crippen LogP contribution in [0, 0.1) is 0 Å². The largest absolute Gasteiger partial charge is 0.293 e. The average Bonchev–Trinajstić information content (AvgIpc) is 2.29. The first-order valence-electron chi connectivity index (χ1n) is 6.99. The molecule has 106 valence electrons. The van der Waals surface area contributed by atoms with Gasteiger partial charge in [0.25, 0.3) is 0 Å². The van der Waals surface area contributed by atoms with E-state index in [1.54, 1.807) is 0 Å². The van der Waals surface area contributed by atoms with Crippen LogP contribution in [0.4, 0.5) is 0 Å². The molecule has 0 aliphatic carbocycles. The van der Waals surface area contributed by atoms with Gasteiger partial charge in [0.15, 0.2) is 0 Å². The van der Waals surface area contributed by atoms with E-state index in [1.165, 1.54) is 24.8 Å². The van der Waals surface area contributed by atoms with Crippen LogP contribution in [-0.2, 0) is 11.4 Å². The smallest absolute Gasteiger partial charge is 0.0936 e. The molecule has 1 aliphatic heterocycles. The Bertz CT molecular complexity index is 409. The van der Waals surface area contributed by atoms with E-state index >= 15 is 0 Å². The van der Waals surface area contributed by atoms with Crippen LogP contribution in [-0.4, -0.2) is 16.1 Å². The summed E-state index contributed by atoms with van der Waals surface area (Å²) in [6.07, 6.45) is 3.66. The van der Waals surface area contributed by atoms with E-state index in [2.05, 4.69) is 73.0 Å². The molecule has 2 rings (SSSR count). The lowest BCUT2D eigenvalue weighted by Gasteiger charge is -2.51. The fraction of sp³-hybridized carbons (Fsp3) is 0.625. The molecule has 0 saturated carbocycles. The van der Waals surface area contributed by atoms with Gasteiger partial charge in [0, 0.05) is 15.6 Å². The first-order valence-corrected chi connectivity index (χ1v) is 7.78. The van der Waals surface area contributed by atoms with Crippen molar-refractivity contribution in [1.29, 1.82) is 0 Å². The number of hydroxylamine groups is 2. The summed E-state index contributed by atoms with van der Waals surface area (Å²) in [7, 11) is 0. The summed E-state index contributed by atoms with van der Waals surface area (Å²) in [6, 6.07) is 8.33. The number of piperidine rings is 1. The van der Waals surface area contributed by atoms with Crippen LogP contribution in [0.5, 0.6) is 0 Å². The molecule has 0 N–H and O–H groups in total. The standard InChI is InChI=1S/C16H24BrNO/c1-15(2)10-5-11-16(3,4)18(15)19-12-13-6-8-14(17)9-7-13/h6-9H,5,10-12H2,1-4H3. The van der Waals surface area contributed by atoms with Gasteiger partial charge < -0.3 is 0 Å². The van der Waals surface area contributed by atoms with Gasteiger partial charge in [-0.2, -0.15) is 5.06 Å². The zero-order chi connectivity index (χ0) is 14.1. The fourth-order valence-electron chi connectivity index (χ4n) is 3.05. The molecule has 1 aromatic rings. The van der Waals surface area contributed by atoms with Gasteiger partial charge in [-0.3, -0.25) is 4.84 Å². The fourth-order valence-corrected chi connectivity index (χ4v) is 3.31. The summed E-state index contributed by atoms with van der Waals surface area (Å²) in [5, 5.41) is 2.21. The summed E-state index contributed by atoms with van der Waals surface area (Å²) in [4.78, 5) is 6.16. The Morgan fingerprint density at radius 2 is 1.58 bits per heavy atom. The third-order valence-corrected chi connectivity index (χ3v) is 4.48. The Morgan fingerprint density at radius 1 is 1.05 bits per heavy atom. The van der Waals surface area contributed by atoms with Crippen molar-refractivity contribution in [2.75, 3.05) is 0 Å². The Balaban J connectivity index is 2.05. The van der Waals surface area contributed by atoms with Crippen molar-refractivity contribution in [3.63, 3.8) is 0 Å². The van der Waals surface area contributed by atoms with Gasteiger partial charge in [-0.1, -0.05) is 28.1 Å². The maximum Gasteiger partial charge on any atom is 0.0936 e. The molecule has 1 heterocycles. The zero-order valence-corrected chi connectivity index (χ0v) is 14.0. The Kier molecular flexibility index (Phi) is 4.38. The van der Waals surface area contributed by atoms with Gasteiger partial charge in [-0.15, -0.1) is 0 Å². The number of benzene rings is 1. The summed E-state index contributed by atoms with van der Waals surface area (Å²) in [6.45, 7) is 9.73. The van der Waals surface area contributed by atoms with Crippen LogP contribution >= 0.6 is 15.9 Å². The Hall–Kier alpha value is -0.380. The van der Waals surface area contributed by atoms with E-state index in [-0.39, 0.29) is 11.1 Å². The van der Waals surface area contributed by atoms with Crippen LogP contribution in [0.3, 0.4) is 0 Å². The van der Waals surface area contributed by atoms with Crippen molar-refractivity contribution in [2.24, 2.45) is 0 Å². The van der Waals surface area contributed by atoms with Gasteiger partial charge in [-0.25, -0.2) is 0 Å². The molecule has 1 fully saturated rings. The highest BCUT2D eigenvalue weighted by atomic mass is 79.9. The predicted octanol–water partition coefficient (Wildman–Crippen LogP) is 4.92. The average molecular weight is 326 g/mol. The molecule has 0 amide bonds. The van der Waals surface area contributed by atoms with Crippen molar-refractivity contribution >= 4 is 15.9 Å². The van der Waals surface area contributed by atoms with Crippen molar-refractivity contribution < 1.29 is 4.84 Å². The van der Waals surface area contributed by atoms with Gasteiger partial charge >= 0.3 is 0 Å². The normalized spacial score (nSPS) is 22.4. The third kappa shape index (κ3) is 3.59. The molecule has 0 atom stereocenters. The maximum absolute atomic E-state index is 6.16. The molecule has 0 unspecified atom stereocenters. The molecule has 0 aromatic heterocycles. The highest BCUT2D eigenvalue weighted by molar-refractivity contribution is 9.10. The number of halogens is 1. The van der Waals surface area contributed by atoms with E-state index in [9.17, 15) is 0 Å². The van der Waals surface area contributed by atoms with Crippen LogP contribution in [0.1, 0.15) is 52.5 Å². The molecule has 0 spiro atoms. The van der Waals surface area contributed by atoms with Crippen molar-refractivity contribution in [3.8, 4) is 0 Å². The second kappa shape index (κ2) is 5.55. The number of rotatable bonds is 3. The van der Waals surface area contributed by atoms with E-state index in [0.717, 1.165) is 4.47 Å². The van der Waals surface area contributed by atoms with E-state index in [1.807, 2.05) is 0 Å². The van der Waals surface area contributed by atoms with Crippen LogP contribution in [0.15, 0.2) is 28.7 Å². The Morgan fingerprint density at radius 3 is 2.11 bits per heavy atom.